The quantitative estimate of drug-likeness (QED) is 0.565. The first kappa shape index (κ1) is 17.8. The maximum absolute atomic E-state index is 6.03. The molecule has 152 valence electrons. The van der Waals surface area contributed by atoms with Crippen LogP contribution in [0.2, 0.25) is 0 Å². The van der Waals surface area contributed by atoms with Gasteiger partial charge in [0.15, 0.2) is 0 Å². The smallest absolute Gasteiger partial charge is 0.0847 e. The van der Waals surface area contributed by atoms with Crippen LogP contribution in [0.5, 0.6) is 0 Å². The molecule has 0 aromatic rings. The first-order valence-electron chi connectivity index (χ1n) is 12.4. The van der Waals surface area contributed by atoms with E-state index in [-0.39, 0.29) is 0 Å². The molecule has 0 amide bonds. The number of hydrogen-bond donors (Lipinski definition) is 0. The molecule has 0 aromatic carbocycles. The average Bonchev–Trinajstić information content (AvgIpc) is 3.36. The molecule has 2 heterocycles. The van der Waals surface area contributed by atoms with Gasteiger partial charge in [-0.05, 0) is 111 Å². The minimum Gasteiger partial charge on any atom is -0.370 e. The van der Waals surface area contributed by atoms with E-state index in [2.05, 4.69) is 25.7 Å². The molecule has 2 saturated heterocycles. The van der Waals surface area contributed by atoms with Gasteiger partial charge in [-0.25, -0.2) is 0 Å². The van der Waals surface area contributed by atoms with Crippen molar-refractivity contribution >= 4 is 0 Å². The lowest BCUT2D eigenvalue weighted by Crippen LogP contribution is -2.53. The van der Waals surface area contributed by atoms with Crippen LogP contribution >= 0.6 is 0 Å². The molecule has 6 rings (SSSR count). The third-order valence-corrected chi connectivity index (χ3v) is 11.3. The third kappa shape index (κ3) is 2.44. The van der Waals surface area contributed by atoms with E-state index in [9.17, 15) is 0 Å². The molecule has 0 N–H and O–H groups in total. The Hall–Kier alpha value is -0.0800. The zero-order chi connectivity index (χ0) is 18.4. The topological polar surface area (TPSA) is 15.8 Å². The van der Waals surface area contributed by atoms with E-state index in [1.54, 1.807) is 0 Å². The summed E-state index contributed by atoms with van der Waals surface area (Å²) in [4.78, 5) is 2.92. The van der Waals surface area contributed by atoms with E-state index >= 15 is 0 Å². The van der Waals surface area contributed by atoms with E-state index < -0.39 is 0 Å². The monoisotopic (exact) mass is 371 g/mol. The standard InChI is InChI=1S/C25H41NO/c1-16-21(26-11-5-4-6-12-26)14-20-18-8-7-17-13-22-23(27-22)15-25(17,3)19(18)9-10-24(16,20)2/h16-23H,4-15H2,1-3H3/t16?,17-,18?,19?,20?,21-,22?,23?,24+,25-/m0/s1. The predicted octanol–water partition coefficient (Wildman–Crippen LogP) is 5.51. The molecule has 2 nitrogen and oxygen atoms in total. The zero-order valence-corrected chi connectivity index (χ0v) is 18.0. The molecule has 0 spiro atoms. The molecular weight excluding hydrogens is 330 g/mol. The van der Waals surface area contributed by atoms with Gasteiger partial charge in [0.25, 0.3) is 0 Å². The van der Waals surface area contributed by atoms with Gasteiger partial charge in [-0.1, -0.05) is 27.2 Å². The largest absolute Gasteiger partial charge is 0.370 e. The number of piperidine rings is 1. The second-order valence-corrected chi connectivity index (χ2v) is 12.0. The molecule has 2 aliphatic heterocycles. The second kappa shape index (κ2) is 5.97. The van der Waals surface area contributed by atoms with Gasteiger partial charge in [0.2, 0.25) is 0 Å². The van der Waals surface area contributed by atoms with Crippen LogP contribution in [0.4, 0.5) is 0 Å². The summed E-state index contributed by atoms with van der Waals surface area (Å²) >= 11 is 0. The van der Waals surface area contributed by atoms with Crippen LogP contribution in [-0.2, 0) is 4.74 Å². The molecular formula is C25H41NO. The minimum absolute atomic E-state index is 0.592. The summed E-state index contributed by atoms with van der Waals surface area (Å²) in [5.41, 5.74) is 1.20. The van der Waals surface area contributed by atoms with Crippen molar-refractivity contribution in [3.8, 4) is 0 Å². The van der Waals surface area contributed by atoms with Gasteiger partial charge < -0.3 is 9.64 Å². The summed E-state index contributed by atoms with van der Waals surface area (Å²) in [5.74, 6) is 4.86. The molecule has 6 aliphatic rings. The van der Waals surface area contributed by atoms with Crippen LogP contribution in [0.3, 0.4) is 0 Å². The Morgan fingerprint density at radius 3 is 2.48 bits per heavy atom. The highest BCUT2D eigenvalue weighted by molar-refractivity contribution is 5.14. The average molecular weight is 372 g/mol. The summed E-state index contributed by atoms with van der Waals surface area (Å²) in [6.45, 7) is 10.8. The fourth-order valence-corrected chi connectivity index (χ4v) is 9.50. The van der Waals surface area contributed by atoms with Crippen LogP contribution in [-0.4, -0.2) is 36.2 Å². The summed E-state index contributed by atoms with van der Waals surface area (Å²) in [6, 6.07) is 0.882. The number of likely N-dealkylation sites (tertiary alicyclic amines) is 1. The molecule has 4 saturated carbocycles. The molecule has 0 radical (unpaired) electrons. The van der Waals surface area contributed by atoms with E-state index in [0.29, 0.717) is 23.0 Å². The van der Waals surface area contributed by atoms with Gasteiger partial charge in [0.1, 0.15) is 0 Å². The SMILES string of the molecule is CC1[C@@H](N2CCCCC2)CC2C3CC[C@H]4CC5OC5C[C@]4(C)C3CC[C@@]21C. The van der Waals surface area contributed by atoms with E-state index in [0.717, 1.165) is 35.6 Å². The predicted molar refractivity (Wildman–Crippen MR) is 110 cm³/mol. The Bertz CT molecular complexity index is 599. The fourth-order valence-electron chi connectivity index (χ4n) is 9.50. The van der Waals surface area contributed by atoms with Crippen molar-refractivity contribution in [2.45, 2.75) is 103 Å². The highest BCUT2D eigenvalue weighted by atomic mass is 16.6. The highest BCUT2D eigenvalue weighted by Gasteiger charge is 2.64. The van der Waals surface area contributed by atoms with Gasteiger partial charge in [0.05, 0.1) is 12.2 Å². The molecule has 10 atom stereocenters. The number of epoxide rings is 1. The van der Waals surface area contributed by atoms with Gasteiger partial charge in [0, 0.05) is 6.04 Å². The van der Waals surface area contributed by atoms with Crippen molar-refractivity contribution < 1.29 is 4.74 Å². The number of rotatable bonds is 1. The van der Waals surface area contributed by atoms with E-state index in [4.69, 9.17) is 4.74 Å². The fraction of sp³-hybridized carbons (Fsp3) is 1.00. The van der Waals surface area contributed by atoms with Gasteiger partial charge in [-0.2, -0.15) is 0 Å². The number of ether oxygens (including phenoxy) is 1. The first-order chi connectivity index (χ1) is 13.0. The summed E-state index contributed by atoms with van der Waals surface area (Å²) in [6.07, 6.45) is 16.0. The molecule has 0 bridgehead atoms. The lowest BCUT2D eigenvalue weighted by molar-refractivity contribution is -0.105. The lowest BCUT2D eigenvalue weighted by atomic mass is 9.45. The van der Waals surface area contributed by atoms with Crippen LogP contribution in [0.15, 0.2) is 0 Å². The van der Waals surface area contributed by atoms with Crippen LogP contribution < -0.4 is 0 Å². The Balaban J connectivity index is 1.27. The van der Waals surface area contributed by atoms with Crippen molar-refractivity contribution in [1.82, 2.24) is 4.90 Å². The first-order valence-corrected chi connectivity index (χ1v) is 12.4. The molecule has 6 unspecified atom stereocenters. The Morgan fingerprint density at radius 2 is 1.67 bits per heavy atom. The zero-order valence-electron chi connectivity index (χ0n) is 18.0. The van der Waals surface area contributed by atoms with Crippen molar-refractivity contribution in [1.29, 1.82) is 0 Å². The normalized spacial score (nSPS) is 60.1. The van der Waals surface area contributed by atoms with Gasteiger partial charge in [-0.15, -0.1) is 0 Å². The van der Waals surface area contributed by atoms with Crippen molar-refractivity contribution in [2.24, 2.45) is 40.4 Å². The number of hydrogen-bond acceptors (Lipinski definition) is 2. The van der Waals surface area contributed by atoms with Crippen LogP contribution in [0.1, 0.15) is 85.0 Å². The van der Waals surface area contributed by atoms with Gasteiger partial charge in [-0.3, -0.25) is 0 Å². The molecule has 2 heteroatoms. The summed E-state index contributed by atoms with van der Waals surface area (Å²) in [5, 5.41) is 0. The van der Waals surface area contributed by atoms with E-state index in [1.165, 1.54) is 77.3 Å². The van der Waals surface area contributed by atoms with E-state index in [1.807, 2.05) is 0 Å². The molecule has 6 fully saturated rings. The molecule has 4 aliphatic carbocycles. The van der Waals surface area contributed by atoms with Crippen molar-refractivity contribution in [2.75, 3.05) is 13.1 Å². The number of fused-ring (bicyclic) bond motifs is 6. The number of nitrogens with zero attached hydrogens (tertiary/aromatic N) is 1. The third-order valence-electron chi connectivity index (χ3n) is 11.3. The highest BCUT2D eigenvalue weighted by Crippen LogP contribution is 2.69. The Morgan fingerprint density at radius 1 is 0.852 bits per heavy atom. The maximum Gasteiger partial charge on any atom is 0.0847 e. The Kier molecular flexibility index (Phi) is 3.93. The van der Waals surface area contributed by atoms with Crippen LogP contribution in [0, 0.1) is 40.4 Å². The summed E-state index contributed by atoms with van der Waals surface area (Å²) in [7, 11) is 0. The van der Waals surface area contributed by atoms with Crippen molar-refractivity contribution in [3.63, 3.8) is 0 Å². The van der Waals surface area contributed by atoms with Gasteiger partial charge >= 0.3 is 0 Å². The minimum atomic E-state index is 0.592. The Labute approximate surface area is 166 Å². The maximum atomic E-state index is 6.03. The molecule has 0 aromatic heterocycles. The second-order valence-electron chi connectivity index (χ2n) is 12.0. The van der Waals surface area contributed by atoms with Crippen molar-refractivity contribution in [3.05, 3.63) is 0 Å². The molecule has 27 heavy (non-hydrogen) atoms. The summed E-state index contributed by atoms with van der Waals surface area (Å²) < 4.78 is 6.03. The lowest BCUT2D eigenvalue weighted by Gasteiger charge is -2.59. The van der Waals surface area contributed by atoms with Crippen LogP contribution in [0.25, 0.3) is 0 Å².